The van der Waals surface area contributed by atoms with E-state index in [2.05, 4.69) is 18.7 Å². The number of esters is 1. The third-order valence-corrected chi connectivity index (χ3v) is 6.36. The maximum absolute atomic E-state index is 12.6. The Morgan fingerprint density at radius 1 is 1.08 bits per heavy atom. The van der Waals surface area contributed by atoms with Gasteiger partial charge in [-0.2, -0.15) is 0 Å². The summed E-state index contributed by atoms with van der Waals surface area (Å²) in [6.07, 6.45) is 2.56. The summed E-state index contributed by atoms with van der Waals surface area (Å²) in [4.78, 5) is 40.0. The lowest BCUT2D eigenvalue weighted by Crippen LogP contribution is -2.53. The van der Waals surface area contributed by atoms with E-state index in [0.717, 1.165) is 25.1 Å². The molecule has 25 heavy (non-hydrogen) atoms. The van der Waals surface area contributed by atoms with Crippen LogP contribution in [0.4, 0.5) is 0 Å². The topological polar surface area (TPSA) is 66.9 Å². The molecule has 0 aromatic carbocycles. The van der Waals surface area contributed by atoms with E-state index in [1.165, 1.54) is 0 Å². The second kappa shape index (κ2) is 8.92. The summed E-state index contributed by atoms with van der Waals surface area (Å²) in [5.41, 5.74) is 0. The predicted octanol–water partition coefficient (Wildman–Crippen LogP) is 2.27. The number of thioether (sulfide) groups is 1. The normalized spacial score (nSPS) is 19.5. The van der Waals surface area contributed by atoms with Gasteiger partial charge >= 0.3 is 5.97 Å². The number of amides is 2. The van der Waals surface area contributed by atoms with Gasteiger partial charge in [0, 0.05) is 38.2 Å². The minimum Gasteiger partial charge on any atom is -0.466 e. The molecule has 0 aromatic heterocycles. The van der Waals surface area contributed by atoms with Crippen molar-refractivity contribution in [1.82, 2.24) is 9.80 Å². The van der Waals surface area contributed by atoms with Crippen LogP contribution >= 0.6 is 11.8 Å². The van der Waals surface area contributed by atoms with Gasteiger partial charge in [0.05, 0.1) is 17.9 Å². The molecule has 0 bridgehead atoms. The van der Waals surface area contributed by atoms with E-state index in [0.29, 0.717) is 32.0 Å². The molecule has 2 amide bonds. The summed E-state index contributed by atoms with van der Waals surface area (Å²) in [7, 11) is 0. The Morgan fingerprint density at radius 3 is 2.36 bits per heavy atom. The largest absolute Gasteiger partial charge is 0.466 e. The summed E-state index contributed by atoms with van der Waals surface area (Å²) < 4.78 is 4.87. The van der Waals surface area contributed by atoms with E-state index >= 15 is 0 Å². The molecule has 7 heteroatoms. The van der Waals surface area contributed by atoms with Crippen molar-refractivity contribution in [2.75, 3.05) is 32.0 Å². The molecule has 2 rings (SSSR count). The van der Waals surface area contributed by atoms with Crippen LogP contribution in [0.15, 0.2) is 0 Å². The second-order valence-corrected chi connectivity index (χ2v) is 8.58. The van der Waals surface area contributed by atoms with Crippen LogP contribution in [0.25, 0.3) is 0 Å². The molecule has 2 fully saturated rings. The van der Waals surface area contributed by atoms with Gasteiger partial charge in [0.15, 0.2) is 0 Å². The lowest BCUT2D eigenvalue weighted by Gasteiger charge is -2.44. The number of hydrogen-bond acceptors (Lipinski definition) is 5. The Kier molecular flexibility index (Phi) is 7.16. The summed E-state index contributed by atoms with van der Waals surface area (Å²) in [6, 6.07) is 0. The lowest BCUT2D eigenvalue weighted by molar-refractivity contribution is -0.146. The van der Waals surface area contributed by atoms with Crippen LogP contribution in [0.2, 0.25) is 0 Å². The van der Waals surface area contributed by atoms with Crippen LogP contribution in [0, 0.1) is 5.92 Å². The number of carbonyl (C=O) groups excluding carboxylic acids is 3. The smallest absolute Gasteiger partial charge is 0.306 e. The Hall–Kier alpha value is -1.24. The molecular weight excluding hydrogens is 340 g/mol. The van der Waals surface area contributed by atoms with Crippen LogP contribution < -0.4 is 0 Å². The standard InChI is InChI=1S/C18H30N2O4S/c1-4-24-17(23)6-5-15(21)19-9-7-18(8-10-19)20(11-12-25-18)16(22)13-14(2)3/h14H,4-13H2,1-3H3. The van der Waals surface area contributed by atoms with E-state index in [9.17, 15) is 14.4 Å². The third kappa shape index (κ3) is 5.12. The Balaban J connectivity index is 1.86. The molecule has 0 aromatic rings. The van der Waals surface area contributed by atoms with Crippen molar-refractivity contribution in [1.29, 1.82) is 0 Å². The molecule has 2 aliphatic rings. The zero-order chi connectivity index (χ0) is 18.4. The van der Waals surface area contributed by atoms with Gasteiger partial charge in [-0.25, -0.2) is 0 Å². The molecule has 6 nitrogen and oxygen atoms in total. The Labute approximate surface area is 154 Å². The van der Waals surface area contributed by atoms with Crippen molar-refractivity contribution >= 4 is 29.5 Å². The molecule has 142 valence electrons. The number of hydrogen-bond donors (Lipinski definition) is 0. The SMILES string of the molecule is CCOC(=O)CCC(=O)N1CCC2(CC1)SCCN2C(=O)CC(C)C. The molecule has 0 unspecified atom stereocenters. The van der Waals surface area contributed by atoms with Crippen LogP contribution in [0.5, 0.6) is 0 Å². The van der Waals surface area contributed by atoms with Gasteiger partial charge in [0.1, 0.15) is 0 Å². The van der Waals surface area contributed by atoms with Gasteiger partial charge in [-0.3, -0.25) is 14.4 Å². The zero-order valence-electron chi connectivity index (χ0n) is 15.6. The number of carbonyl (C=O) groups is 3. The van der Waals surface area contributed by atoms with E-state index in [1.807, 2.05) is 16.7 Å². The summed E-state index contributed by atoms with van der Waals surface area (Å²) in [6.45, 7) is 8.36. The van der Waals surface area contributed by atoms with Crippen molar-refractivity contribution in [2.24, 2.45) is 5.92 Å². The molecule has 0 saturated carbocycles. The first kappa shape index (κ1) is 20.1. The average molecular weight is 371 g/mol. The number of rotatable bonds is 6. The highest BCUT2D eigenvalue weighted by atomic mass is 32.2. The quantitative estimate of drug-likeness (QED) is 0.671. The van der Waals surface area contributed by atoms with Crippen LogP contribution in [0.1, 0.15) is 52.9 Å². The fourth-order valence-electron chi connectivity index (χ4n) is 3.54. The predicted molar refractivity (Wildman–Crippen MR) is 98.0 cm³/mol. The van der Waals surface area contributed by atoms with Crippen molar-refractivity contribution in [3.63, 3.8) is 0 Å². The van der Waals surface area contributed by atoms with Gasteiger partial charge in [-0.05, 0) is 25.7 Å². The van der Waals surface area contributed by atoms with Crippen LogP contribution in [-0.2, 0) is 19.1 Å². The average Bonchev–Trinajstić information content (AvgIpc) is 2.96. The molecule has 0 N–H and O–H groups in total. The van der Waals surface area contributed by atoms with E-state index < -0.39 is 0 Å². The third-order valence-electron chi connectivity index (χ3n) is 4.81. The van der Waals surface area contributed by atoms with E-state index in [1.54, 1.807) is 6.92 Å². The zero-order valence-corrected chi connectivity index (χ0v) is 16.4. The van der Waals surface area contributed by atoms with Gasteiger partial charge in [-0.15, -0.1) is 11.8 Å². The summed E-state index contributed by atoms with van der Waals surface area (Å²) in [5.74, 6) is 1.26. The first-order valence-electron chi connectivity index (χ1n) is 9.26. The highest BCUT2D eigenvalue weighted by molar-refractivity contribution is 8.00. The van der Waals surface area contributed by atoms with Crippen molar-refractivity contribution in [2.45, 2.75) is 57.7 Å². The number of nitrogens with zero attached hydrogens (tertiary/aromatic N) is 2. The molecule has 0 atom stereocenters. The number of piperidine rings is 1. The molecule has 0 aliphatic carbocycles. The Morgan fingerprint density at radius 2 is 1.76 bits per heavy atom. The molecule has 1 spiro atoms. The molecule has 2 saturated heterocycles. The van der Waals surface area contributed by atoms with Crippen LogP contribution in [-0.4, -0.2) is 64.4 Å². The van der Waals surface area contributed by atoms with Gasteiger partial charge in [0.25, 0.3) is 0 Å². The molecular formula is C18H30N2O4S. The fraction of sp³-hybridized carbons (Fsp3) is 0.833. The van der Waals surface area contributed by atoms with E-state index in [4.69, 9.17) is 4.74 Å². The van der Waals surface area contributed by atoms with Gasteiger partial charge in [0.2, 0.25) is 11.8 Å². The van der Waals surface area contributed by atoms with Crippen molar-refractivity contribution < 1.29 is 19.1 Å². The van der Waals surface area contributed by atoms with Gasteiger partial charge in [-0.1, -0.05) is 13.8 Å². The van der Waals surface area contributed by atoms with Crippen molar-refractivity contribution in [3.05, 3.63) is 0 Å². The molecule has 2 aliphatic heterocycles. The van der Waals surface area contributed by atoms with Crippen molar-refractivity contribution in [3.8, 4) is 0 Å². The van der Waals surface area contributed by atoms with Gasteiger partial charge < -0.3 is 14.5 Å². The minimum absolute atomic E-state index is 0.00552. The Bertz CT molecular complexity index is 501. The maximum Gasteiger partial charge on any atom is 0.306 e. The molecule has 2 heterocycles. The summed E-state index contributed by atoms with van der Waals surface area (Å²) >= 11 is 1.86. The minimum atomic E-state index is -0.318. The highest BCUT2D eigenvalue weighted by Crippen LogP contribution is 2.44. The maximum atomic E-state index is 12.6. The highest BCUT2D eigenvalue weighted by Gasteiger charge is 2.46. The van der Waals surface area contributed by atoms with Crippen LogP contribution in [0.3, 0.4) is 0 Å². The second-order valence-electron chi connectivity index (χ2n) is 7.12. The fourth-order valence-corrected chi connectivity index (χ4v) is 5.01. The monoisotopic (exact) mass is 370 g/mol. The lowest BCUT2D eigenvalue weighted by atomic mass is 10.00. The number of likely N-dealkylation sites (tertiary alicyclic amines) is 1. The molecule has 0 radical (unpaired) electrons. The first-order valence-corrected chi connectivity index (χ1v) is 10.2. The first-order chi connectivity index (χ1) is 11.9. The van der Waals surface area contributed by atoms with E-state index in [-0.39, 0.29) is 35.5 Å². The summed E-state index contributed by atoms with van der Waals surface area (Å²) in [5, 5.41) is 0. The number of ether oxygens (including phenoxy) is 1.